The van der Waals surface area contributed by atoms with Gasteiger partial charge in [-0.1, -0.05) is 24.3 Å². The highest BCUT2D eigenvalue weighted by Gasteiger charge is 2.09. The van der Waals surface area contributed by atoms with E-state index in [9.17, 15) is 4.39 Å². The number of hydrogen-bond donors (Lipinski definition) is 1. The second-order valence-corrected chi connectivity index (χ2v) is 6.67. The van der Waals surface area contributed by atoms with E-state index in [2.05, 4.69) is 39.5 Å². The third kappa shape index (κ3) is 4.41. The van der Waals surface area contributed by atoms with E-state index < -0.39 is 0 Å². The second kappa shape index (κ2) is 8.14. The van der Waals surface area contributed by atoms with Crippen LogP contribution >= 0.6 is 0 Å². The van der Waals surface area contributed by atoms with Crippen molar-refractivity contribution in [2.45, 2.75) is 0 Å². The lowest BCUT2D eigenvalue weighted by molar-refractivity contribution is 0.589. The second-order valence-electron chi connectivity index (χ2n) is 6.67. The summed E-state index contributed by atoms with van der Waals surface area (Å²) in [6.45, 7) is 4.13. The number of benzene rings is 2. The largest absolute Gasteiger partial charge is 0.369 e. The maximum absolute atomic E-state index is 14.0. The van der Waals surface area contributed by atoms with Crippen LogP contribution in [-0.2, 0) is 0 Å². The molecule has 0 amide bonds. The van der Waals surface area contributed by atoms with Crippen molar-refractivity contribution in [3.05, 3.63) is 83.9 Å². The monoisotopic (exact) mass is 359 g/mol. The van der Waals surface area contributed by atoms with Crippen molar-refractivity contribution in [2.24, 2.45) is 0 Å². The molecule has 2 heterocycles. The van der Waals surface area contributed by atoms with Crippen LogP contribution < -0.4 is 10.2 Å². The minimum Gasteiger partial charge on any atom is -0.369 e. The molecule has 0 radical (unpaired) electrons. The standard InChI is InChI=1S/C23H22FN3/c24-22-16-19(15-21(17-22)20-7-9-25-10-8-20)2-1-18-3-5-23(6-4-18)27-13-11-26-12-14-27/h1-10,15-17,26H,11-14H2/b2-1+. The van der Waals surface area contributed by atoms with Crippen molar-refractivity contribution in [3.63, 3.8) is 0 Å². The van der Waals surface area contributed by atoms with Gasteiger partial charge in [0.1, 0.15) is 5.82 Å². The van der Waals surface area contributed by atoms with Gasteiger partial charge in [-0.15, -0.1) is 0 Å². The van der Waals surface area contributed by atoms with Crippen LogP contribution in [0.5, 0.6) is 0 Å². The van der Waals surface area contributed by atoms with Gasteiger partial charge >= 0.3 is 0 Å². The Morgan fingerprint density at radius 2 is 1.52 bits per heavy atom. The fourth-order valence-electron chi connectivity index (χ4n) is 3.33. The summed E-state index contributed by atoms with van der Waals surface area (Å²) < 4.78 is 14.0. The Morgan fingerprint density at radius 1 is 0.815 bits per heavy atom. The van der Waals surface area contributed by atoms with E-state index in [1.807, 2.05) is 30.4 Å². The molecule has 1 aliphatic rings. The summed E-state index contributed by atoms with van der Waals surface area (Å²) >= 11 is 0. The van der Waals surface area contributed by atoms with Gasteiger partial charge in [-0.3, -0.25) is 4.98 Å². The van der Waals surface area contributed by atoms with Gasteiger partial charge in [0.25, 0.3) is 0 Å². The van der Waals surface area contributed by atoms with E-state index in [1.54, 1.807) is 24.5 Å². The summed E-state index contributed by atoms with van der Waals surface area (Å²) in [5.41, 5.74) is 5.00. The first-order chi connectivity index (χ1) is 13.3. The predicted octanol–water partition coefficient (Wildman–Crippen LogP) is 4.47. The van der Waals surface area contributed by atoms with E-state index >= 15 is 0 Å². The van der Waals surface area contributed by atoms with Gasteiger partial charge in [-0.05, 0) is 64.7 Å². The molecule has 136 valence electrons. The molecule has 1 fully saturated rings. The number of hydrogen-bond acceptors (Lipinski definition) is 3. The van der Waals surface area contributed by atoms with Crippen LogP contribution in [0.1, 0.15) is 11.1 Å². The van der Waals surface area contributed by atoms with Gasteiger partial charge in [0, 0.05) is 44.3 Å². The number of piperazine rings is 1. The highest BCUT2D eigenvalue weighted by molar-refractivity contribution is 5.74. The zero-order valence-electron chi connectivity index (χ0n) is 15.1. The molecule has 2 aromatic carbocycles. The van der Waals surface area contributed by atoms with Crippen molar-refractivity contribution in [1.82, 2.24) is 10.3 Å². The Morgan fingerprint density at radius 3 is 2.26 bits per heavy atom. The molecular formula is C23H22FN3. The first-order valence-electron chi connectivity index (χ1n) is 9.23. The quantitative estimate of drug-likeness (QED) is 0.697. The summed E-state index contributed by atoms with van der Waals surface area (Å²) in [4.78, 5) is 6.40. The summed E-state index contributed by atoms with van der Waals surface area (Å²) in [6.07, 6.45) is 7.41. The number of nitrogens with one attached hydrogen (secondary N) is 1. The number of rotatable bonds is 4. The molecule has 3 nitrogen and oxygen atoms in total. The lowest BCUT2D eigenvalue weighted by Gasteiger charge is -2.29. The third-order valence-corrected chi connectivity index (χ3v) is 4.78. The summed E-state index contributed by atoms with van der Waals surface area (Å²) in [6, 6.07) is 17.4. The minimum atomic E-state index is -0.238. The van der Waals surface area contributed by atoms with E-state index in [-0.39, 0.29) is 5.82 Å². The lowest BCUT2D eigenvalue weighted by atomic mass is 10.0. The molecule has 27 heavy (non-hydrogen) atoms. The van der Waals surface area contributed by atoms with E-state index in [4.69, 9.17) is 0 Å². The Kier molecular flexibility index (Phi) is 5.26. The molecule has 0 unspecified atom stereocenters. The van der Waals surface area contributed by atoms with Crippen molar-refractivity contribution in [2.75, 3.05) is 31.1 Å². The maximum atomic E-state index is 14.0. The van der Waals surface area contributed by atoms with Gasteiger partial charge in [0.05, 0.1) is 0 Å². The first kappa shape index (κ1) is 17.4. The third-order valence-electron chi connectivity index (χ3n) is 4.78. The molecule has 3 aromatic rings. The zero-order chi connectivity index (χ0) is 18.5. The van der Waals surface area contributed by atoms with E-state index in [0.29, 0.717) is 0 Å². The van der Waals surface area contributed by atoms with Crippen LogP contribution in [0.3, 0.4) is 0 Å². The summed E-state index contributed by atoms with van der Waals surface area (Å²) in [7, 11) is 0. The molecule has 1 aliphatic heterocycles. The molecule has 1 saturated heterocycles. The number of pyridine rings is 1. The van der Waals surface area contributed by atoms with Crippen molar-refractivity contribution in [1.29, 1.82) is 0 Å². The van der Waals surface area contributed by atoms with Crippen LogP contribution in [0, 0.1) is 5.82 Å². The minimum absolute atomic E-state index is 0.238. The molecular weight excluding hydrogens is 337 g/mol. The Balaban J connectivity index is 1.51. The number of anilines is 1. The number of halogens is 1. The van der Waals surface area contributed by atoms with E-state index in [0.717, 1.165) is 48.4 Å². The van der Waals surface area contributed by atoms with E-state index in [1.165, 1.54) is 5.69 Å². The van der Waals surface area contributed by atoms with Crippen LogP contribution in [-0.4, -0.2) is 31.2 Å². The lowest BCUT2D eigenvalue weighted by Crippen LogP contribution is -2.43. The fourth-order valence-corrected chi connectivity index (χ4v) is 3.33. The molecule has 0 bridgehead atoms. The van der Waals surface area contributed by atoms with Crippen LogP contribution in [0.2, 0.25) is 0 Å². The van der Waals surface area contributed by atoms with Crippen LogP contribution in [0.15, 0.2) is 67.0 Å². The Bertz CT molecular complexity index is 914. The molecule has 0 aliphatic carbocycles. The highest BCUT2D eigenvalue weighted by Crippen LogP contribution is 2.23. The Labute approximate surface area is 159 Å². The summed E-state index contributed by atoms with van der Waals surface area (Å²) in [5.74, 6) is -0.238. The van der Waals surface area contributed by atoms with Gasteiger partial charge in [0.2, 0.25) is 0 Å². The van der Waals surface area contributed by atoms with Gasteiger partial charge < -0.3 is 10.2 Å². The predicted molar refractivity (Wildman–Crippen MR) is 110 cm³/mol. The Hall–Kier alpha value is -2.98. The molecule has 1 aromatic heterocycles. The fraction of sp³-hybridized carbons (Fsp3) is 0.174. The molecule has 0 spiro atoms. The van der Waals surface area contributed by atoms with Gasteiger partial charge in [-0.25, -0.2) is 4.39 Å². The van der Waals surface area contributed by atoms with Gasteiger partial charge in [0.15, 0.2) is 0 Å². The molecule has 1 N–H and O–H groups in total. The maximum Gasteiger partial charge on any atom is 0.124 e. The SMILES string of the molecule is Fc1cc(/C=C/c2ccc(N3CCNCC3)cc2)cc(-c2ccncc2)c1. The van der Waals surface area contributed by atoms with Crippen molar-refractivity contribution < 1.29 is 4.39 Å². The average Bonchev–Trinajstić information content (AvgIpc) is 2.73. The molecule has 0 saturated carbocycles. The topological polar surface area (TPSA) is 28.2 Å². The molecule has 0 atom stereocenters. The van der Waals surface area contributed by atoms with Crippen molar-refractivity contribution in [3.8, 4) is 11.1 Å². The average molecular weight is 359 g/mol. The first-order valence-corrected chi connectivity index (χ1v) is 9.23. The number of aromatic nitrogens is 1. The zero-order valence-corrected chi connectivity index (χ0v) is 15.1. The highest BCUT2D eigenvalue weighted by atomic mass is 19.1. The van der Waals surface area contributed by atoms with Gasteiger partial charge in [-0.2, -0.15) is 0 Å². The summed E-state index contributed by atoms with van der Waals surface area (Å²) in [5, 5.41) is 3.37. The molecule has 4 rings (SSSR count). The van der Waals surface area contributed by atoms with Crippen LogP contribution in [0.4, 0.5) is 10.1 Å². The molecule has 4 heteroatoms. The van der Waals surface area contributed by atoms with Crippen molar-refractivity contribution >= 4 is 17.8 Å². The number of nitrogens with zero attached hydrogens (tertiary/aromatic N) is 2. The smallest absolute Gasteiger partial charge is 0.124 e. The van der Waals surface area contributed by atoms with Crippen LogP contribution in [0.25, 0.3) is 23.3 Å². The normalized spacial score (nSPS) is 14.6.